The molecule has 2 rings (SSSR count). The van der Waals surface area contributed by atoms with Gasteiger partial charge in [0.2, 0.25) is 0 Å². The summed E-state index contributed by atoms with van der Waals surface area (Å²) in [6.45, 7) is 1.27. The van der Waals surface area contributed by atoms with Crippen LogP contribution in [0.4, 0.5) is 10.5 Å². The summed E-state index contributed by atoms with van der Waals surface area (Å²) in [6.07, 6.45) is 0.850. The molecule has 1 fully saturated rings. The van der Waals surface area contributed by atoms with Crippen molar-refractivity contribution in [2.24, 2.45) is 5.73 Å². The molecule has 1 saturated heterocycles. The van der Waals surface area contributed by atoms with Crippen LogP contribution in [0, 0.1) is 5.41 Å². The molecule has 102 valence electrons. The summed E-state index contributed by atoms with van der Waals surface area (Å²) in [5.74, 6) is 0.0155. The Bertz CT molecular complexity index is 466. The first-order valence-corrected chi connectivity index (χ1v) is 6.14. The number of nitrogens with two attached hydrogens (primary N) is 1. The zero-order valence-corrected chi connectivity index (χ0v) is 10.8. The van der Waals surface area contributed by atoms with E-state index in [9.17, 15) is 4.79 Å². The number of carbonyl (C=O) groups is 1. The Kier molecular flexibility index (Phi) is 4.01. The number of nitrogens with one attached hydrogen (secondary N) is 2. The highest BCUT2D eigenvalue weighted by Crippen LogP contribution is 2.14. The summed E-state index contributed by atoms with van der Waals surface area (Å²) in [4.78, 5) is 13.5. The molecule has 0 saturated carbocycles. The largest absolute Gasteiger partial charge is 0.384 e. The van der Waals surface area contributed by atoms with Gasteiger partial charge in [-0.25, -0.2) is 4.79 Å². The quantitative estimate of drug-likeness (QED) is 0.558. The fourth-order valence-corrected chi connectivity index (χ4v) is 1.90. The van der Waals surface area contributed by atoms with E-state index in [0.29, 0.717) is 18.8 Å². The Hall–Kier alpha value is -2.08. The molecule has 0 spiro atoms. The minimum Gasteiger partial charge on any atom is -0.384 e. The number of nitrogen functional groups attached to an aromatic ring is 1. The fourth-order valence-electron chi connectivity index (χ4n) is 1.90. The van der Waals surface area contributed by atoms with E-state index in [1.807, 2.05) is 0 Å². The smallest absolute Gasteiger partial charge is 0.321 e. The molecule has 6 nitrogen and oxygen atoms in total. The summed E-state index contributed by atoms with van der Waals surface area (Å²) < 4.78 is 5.21. The zero-order chi connectivity index (χ0) is 13.8. The lowest BCUT2D eigenvalue weighted by Gasteiger charge is -2.20. The third kappa shape index (κ3) is 3.23. The average molecular weight is 262 g/mol. The molecule has 0 aromatic heterocycles. The van der Waals surface area contributed by atoms with Crippen molar-refractivity contribution in [2.75, 3.05) is 25.2 Å². The number of hydrogen-bond donors (Lipinski definition) is 3. The van der Waals surface area contributed by atoms with Crippen molar-refractivity contribution in [3.63, 3.8) is 0 Å². The Morgan fingerprint density at radius 1 is 1.47 bits per heavy atom. The first-order chi connectivity index (χ1) is 9.08. The lowest BCUT2D eigenvalue weighted by atomic mass is 10.2. The fraction of sp³-hybridized carbons (Fsp3) is 0.385. The van der Waals surface area contributed by atoms with E-state index in [4.69, 9.17) is 15.9 Å². The highest BCUT2D eigenvalue weighted by molar-refractivity contribution is 5.96. The molecule has 1 atom stereocenters. The van der Waals surface area contributed by atoms with Gasteiger partial charge in [0.25, 0.3) is 0 Å². The molecule has 2 amide bonds. The number of amidine groups is 1. The van der Waals surface area contributed by atoms with Gasteiger partial charge in [-0.15, -0.1) is 0 Å². The number of benzene rings is 1. The van der Waals surface area contributed by atoms with Gasteiger partial charge in [0.15, 0.2) is 0 Å². The SMILES string of the molecule is CN(C(=O)NC1CCOC1)c1ccc(C(=N)N)cc1. The van der Waals surface area contributed by atoms with Gasteiger partial charge in [0, 0.05) is 24.9 Å². The molecule has 1 aromatic carbocycles. The van der Waals surface area contributed by atoms with Crippen LogP contribution in [0.25, 0.3) is 0 Å². The molecule has 1 aromatic rings. The molecule has 0 radical (unpaired) electrons. The van der Waals surface area contributed by atoms with Crippen molar-refractivity contribution in [2.45, 2.75) is 12.5 Å². The predicted molar refractivity (Wildman–Crippen MR) is 73.6 cm³/mol. The van der Waals surface area contributed by atoms with E-state index < -0.39 is 0 Å². The van der Waals surface area contributed by atoms with Gasteiger partial charge in [-0.05, 0) is 30.7 Å². The number of hydrogen-bond acceptors (Lipinski definition) is 3. The number of ether oxygens (including phenoxy) is 1. The van der Waals surface area contributed by atoms with Crippen LogP contribution in [0.1, 0.15) is 12.0 Å². The molecular weight excluding hydrogens is 244 g/mol. The second kappa shape index (κ2) is 5.71. The predicted octanol–water partition coefficient (Wildman–Crippen LogP) is 0.905. The summed E-state index contributed by atoms with van der Waals surface area (Å²) in [6, 6.07) is 6.90. The van der Waals surface area contributed by atoms with Crippen molar-refractivity contribution in [1.29, 1.82) is 5.41 Å². The molecule has 4 N–H and O–H groups in total. The zero-order valence-electron chi connectivity index (χ0n) is 10.8. The molecule has 6 heteroatoms. The van der Waals surface area contributed by atoms with Crippen molar-refractivity contribution in [3.8, 4) is 0 Å². The third-order valence-corrected chi connectivity index (χ3v) is 3.13. The van der Waals surface area contributed by atoms with Gasteiger partial charge < -0.3 is 15.8 Å². The summed E-state index contributed by atoms with van der Waals surface area (Å²) in [7, 11) is 1.70. The highest BCUT2D eigenvalue weighted by Gasteiger charge is 2.20. The van der Waals surface area contributed by atoms with Gasteiger partial charge >= 0.3 is 6.03 Å². The Balaban J connectivity index is 1.99. The van der Waals surface area contributed by atoms with Crippen LogP contribution >= 0.6 is 0 Å². The van der Waals surface area contributed by atoms with Gasteiger partial charge in [-0.3, -0.25) is 10.3 Å². The standard InChI is InChI=1S/C13H18N4O2/c1-17(13(18)16-10-6-7-19-8-10)11-4-2-9(3-5-11)12(14)15/h2-5,10H,6-8H2,1H3,(H3,14,15)(H,16,18). The molecule has 1 aliphatic heterocycles. The number of amides is 2. The second-order valence-corrected chi connectivity index (χ2v) is 4.53. The van der Waals surface area contributed by atoms with E-state index >= 15 is 0 Å². The topological polar surface area (TPSA) is 91.4 Å². The average Bonchev–Trinajstić information content (AvgIpc) is 2.90. The van der Waals surface area contributed by atoms with Crippen LogP contribution in [0.2, 0.25) is 0 Å². The molecule has 1 heterocycles. The van der Waals surface area contributed by atoms with Crippen LogP contribution in [0.3, 0.4) is 0 Å². The maximum absolute atomic E-state index is 12.0. The third-order valence-electron chi connectivity index (χ3n) is 3.13. The monoisotopic (exact) mass is 262 g/mol. The first-order valence-electron chi connectivity index (χ1n) is 6.14. The van der Waals surface area contributed by atoms with E-state index in [1.165, 1.54) is 4.90 Å². The Morgan fingerprint density at radius 2 is 2.16 bits per heavy atom. The summed E-state index contributed by atoms with van der Waals surface area (Å²) in [5.41, 5.74) is 6.78. The maximum Gasteiger partial charge on any atom is 0.321 e. The maximum atomic E-state index is 12.0. The van der Waals surface area contributed by atoms with E-state index in [0.717, 1.165) is 12.1 Å². The molecule has 1 aliphatic rings. The van der Waals surface area contributed by atoms with E-state index in [1.54, 1.807) is 31.3 Å². The van der Waals surface area contributed by atoms with Crippen molar-refractivity contribution < 1.29 is 9.53 Å². The number of carbonyl (C=O) groups excluding carboxylic acids is 1. The molecule has 0 aliphatic carbocycles. The van der Waals surface area contributed by atoms with Crippen LogP contribution in [-0.4, -0.2) is 38.2 Å². The Morgan fingerprint density at radius 3 is 2.68 bits per heavy atom. The van der Waals surface area contributed by atoms with Crippen LogP contribution in [0.5, 0.6) is 0 Å². The van der Waals surface area contributed by atoms with Gasteiger partial charge in [-0.1, -0.05) is 0 Å². The summed E-state index contributed by atoms with van der Waals surface area (Å²) in [5, 5.41) is 10.2. The summed E-state index contributed by atoms with van der Waals surface area (Å²) >= 11 is 0. The molecule has 0 bridgehead atoms. The van der Waals surface area contributed by atoms with Gasteiger partial charge in [0.1, 0.15) is 5.84 Å². The number of rotatable bonds is 3. The highest BCUT2D eigenvalue weighted by atomic mass is 16.5. The molecule has 19 heavy (non-hydrogen) atoms. The lowest BCUT2D eigenvalue weighted by Crippen LogP contribution is -2.43. The minimum atomic E-state index is -0.161. The number of nitrogens with zero attached hydrogens (tertiary/aromatic N) is 1. The van der Waals surface area contributed by atoms with Gasteiger partial charge in [0.05, 0.1) is 12.6 Å². The van der Waals surface area contributed by atoms with E-state index in [-0.39, 0.29) is 17.9 Å². The number of urea groups is 1. The first kappa shape index (κ1) is 13.4. The Labute approximate surface area is 112 Å². The van der Waals surface area contributed by atoms with Crippen molar-refractivity contribution in [1.82, 2.24) is 5.32 Å². The molecular formula is C13H18N4O2. The second-order valence-electron chi connectivity index (χ2n) is 4.53. The lowest BCUT2D eigenvalue weighted by molar-refractivity contribution is 0.189. The van der Waals surface area contributed by atoms with Crippen LogP contribution < -0.4 is 16.0 Å². The van der Waals surface area contributed by atoms with Gasteiger partial charge in [-0.2, -0.15) is 0 Å². The van der Waals surface area contributed by atoms with Crippen molar-refractivity contribution in [3.05, 3.63) is 29.8 Å². The van der Waals surface area contributed by atoms with Crippen LogP contribution in [0.15, 0.2) is 24.3 Å². The number of anilines is 1. The molecule has 1 unspecified atom stereocenters. The van der Waals surface area contributed by atoms with E-state index in [2.05, 4.69) is 5.32 Å². The minimum absolute atomic E-state index is 0.0155. The van der Waals surface area contributed by atoms with Crippen LogP contribution in [-0.2, 0) is 4.74 Å². The van der Waals surface area contributed by atoms with Crippen molar-refractivity contribution >= 4 is 17.6 Å². The normalized spacial score (nSPS) is 18.1.